The monoisotopic (exact) mass is 235 g/mol. The van der Waals surface area contributed by atoms with E-state index >= 15 is 0 Å². The summed E-state index contributed by atoms with van der Waals surface area (Å²) in [7, 11) is 0. The summed E-state index contributed by atoms with van der Waals surface area (Å²) in [5.41, 5.74) is 1.65. The Kier molecular flexibility index (Phi) is 4.41. The Morgan fingerprint density at radius 3 is 2.35 bits per heavy atom. The highest BCUT2D eigenvalue weighted by Crippen LogP contribution is 2.21. The average Bonchev–Trinajstić information content (AvgIpc) is 2.27. The van der Waals surface area contributed by atoms with E-state index in [1.807, 2.05) is 12.1 Å². The van der Waals surface area contributed by atoms with Gasteiger partial charge in [-0.3, -0.25) is 0 Å². The van der Waals surface area contributed by atoms with Gasteiger partial charge in [-0.25, -0.2) is 4.39 Å². The molecule has 0 heterocycles. The maximum atomic E-state index is 13.4. The fourth-order valence-electron chi connectivity index (χ4n) is 2.52. The Morgan fingerprint density at radius 1 is 1.06 bits per heavy atom. The SMILES string of the molecule is Cc1ccc(NC2CCCCCCC2)cc1F. The van der Waals surface area contributed by atoms with Crippen LogP contribution in [0.25, 0.3) is 0 Å². The summed E-state index contributed by atoms with van der Waals surface area (Å²) in [5, 5.41) is 3.48. The molecular weight excluding hydrogens is 213 g/mol. The van der Waals surface area contributed by atoms with Gasteiger partial charge in [-0.15, -0.1) is 0 Å². The second-order valence-electron chi connectivity index (χ2n) is 5.15. The number of anilines is 1. The van der Waals surface area contributed by atoms with Gasteiger partial charge in [0.1, 0.15) is 5.82 Å². The number of nitrogens with one attached hydrogen (secondary N) is 1. The molecule has 1 N–H and O–H groups in total. The molecule has 94 valence electrons. The number of benzene rings is 1. The number of hydrogen-bond donors (Lipinski definition) is 1. The van der Waals surface area contributed by atoms with Gasteiger partial charge in [-0.1, -0.05) is 38.2 Å². The minimum Gasteiger partial charge on any atom is -0.382 e. The van der Waals surface area contributed by atoms with Crippen molar-refractivity contribution in [3.05, 3.63) is 29.6 Å². The van der Waals surface area contributed by atoms with Gasteiger partial charge in [0.25, 0.3) is 0 Å². The van der Waals surface area contributed by atoms with E-state index in [0.717, 1.165) is 5.69 Å². The second kappa shape index (κ2) is 6.04. The lowest BCUT2D eigenvalue weighted by Gasteiger charge is -2.22. The van der Waals surface area contributed by atoms with Gasteiger partial charge >= 0.3 is 0 Å². The maximum Gasteiger partial charge on any atom is 0.128 e. The average molecular weight is 235 g/mol. The van der Waals surface area contributed by atoms with E-state index in [4.69, 9.17) is 0 Å². The number of halogens is 1. The zero-order chi connectivity index (χ0) is 12.1. The molecular formula is C15H22FN. The lowest BCUT2D eigenvalue weighted by Crippen LogP contribution is -2.20. The van der Waals surface area contributed by atoms with Crippen molar-refractivity contribution < 1.29 is 4.39 Å². The van der Waals surface area contributed by atoms with Gasteiger partial charge in [0.2, 0.25) is 0 Å². The molecule has 1 aliphatic rings. The Balaban J connectivity index is 1.95. The van der Waals surface area contributed by atoms with Crippen LogP contribution < -0.4 is 5.32 Å². The van der Waals surface area contributed by atoms with Crippen molar-refractivity contribution in [1.29, 1.82) is 0 Å². The maximum absolute atomic E-state index is 13.4. The van der Waals surface area contributed by atoms with Crippen molar-refractivity contribution in [1.82, 2.24) is 0 Å². The summed E-state index contributed by atoms with van der Waals surface area (Å²) in [6, 6.07) is 5.98. The molecule has 0 unspecified atom stereocenters. The minimum absolute atomic E-state index is 0.110. The highest BCUT2D eigenvalue weighted by molar-refractivity contribution is 5.45. The minimum atomic E-state index is -0.110. The van der Waals surface area contributed by atoms with Crippen LogP contribution in [0.4, 0.5) is 10.1 Å². The van der Waals surface area contributed by atoms with E-state index in [-0.39, 0.29) is 5.82 Å². The number of rotatable bonds is 2. The third-order valence-corrected chi connectivity index (χ3v) is 3.65. The molecule has 0 bridgehead atoms. The largest absolute Gasteiger partial charge is 0.382 e. The summed E-state index contributed by atoms with van der Waals surface area (Å²) < 4.78 is 13.4. The van der Waals surface area contributed by atoms with Gasteiger partial charge < -0.3 is 5.32 Å². The Labute approximate surface area is 103 Å². The molecule has 0 amide bonds. The topological polar surface area (TPSA) is 12.0 Å². The molecule has 1 aromatic rings. The van der Waals surface area contributed by atoms with Gasteiger partial charge in [0, 0.05) is 11.7 Å². The lowest BCUT2D eigenvalue weighted by molar-refractivity contribution is 0.471. The Hall–Kier alpha value is -1.05. The molecule has 0 aliphatic heterocycles. The van der Waals surface area contributed by atoms with E-state index in [1.54, 1.807) is 13.0 Å². The summed E-state index contributed by atoms with van der Waals surface area (Å²) in [6.07, 6.45) is 9.11. The summed E-state index contributed by atoms with van der Waals surface area (Å²) >= 11 is 0. The quantitative estimate of drug-likeness (QED) is 0.786. The molecule has 0 radical (unpaired) electrons. The fourth-order valence-corrected chi connectivity index (χ4v) is 2.52. The van der Waals surface area contributed by atoms with Gasteiger partial charge in [-0.2, -0.15) is 0 Å². The van der Waals surface area contributed by atoms with Crippen molar-refractivity contribution in [3.8, 4) is 0 Å². The normalized spacial score (nSPS) is 18.5. The first-order valence-corrected chi connectivity index (χ1v) is 6.78. The van der Waals surface area contributed by atoms with Crippen LogP contribution in [-0.4, -0.2) is 6.04 Å². The molecule has 0 atom stereocenters. The van der Waals surface area contributed by atoms with Crippen molar-refractivity contribution in [3.63, 3.8) is 0 Å². The van der Waals surface area contributed by atoms with Crippen LogP contribution in [0.15, 0.2) is 18.2 Å². The van der Waals surface area contributed by atoms with Crippen LogP contribution in [0.1, 0.15) is 50.5 Å². The lowest BCUT2D eigenvalue weighted by atomic mass is 9.96. The van der Waals surface area contributed by atoms with E-state index < -0.39 is 0 Å². The molecule has 1 nitrogen and oxygen atoms in total. The van der Waals surface area contributed by atoms with Gasteiger partial charge in [0.15, 0.2) is 0 Å². The summed E-state index contributed by atoms with van der Waals surface area (Å²) in [5.74, 6) is -0.110. The first-order valence-electron chi connectivity index (χ1n) is 6.78. The van der Waals surface area contributed by atoms with E-state index in [1.165, 1.54) is 44.9 Å². The standard InChI is InChI=1S/C15H22FN/c1-12-9-10-14(11-15(12)16)17-13-7-5-3-2-4-6-8-13/h9-11,13,17H,2-8H2,1H3. The zero-order valence-corrected chi connectivity index (χ0v) is 10.6. The molecule has 2 heteroatoms. The zero-order valence-electron chi connectivity index (χ0n) is 10.6. The summed E-state index contributed by atoms with van der Waals surface area (Å²) in [4.78, 5) is 0. The third kappa shape index (κ3) is 3.72. The van der Waals surface area contributed by atoms with E-state index in [0.29, 0.717) is 11.6 Å². The van der Waals surface area contributed by atoms with E-state index in [2.05, 4.69) is 5.32 Å². The van der Waals surface area contributed by atoms with Crippen LogP contribution >= 0.6 is 0 Å². The highest BCUT2D eigenvalue weighted by atomic mass is 19.1. The van der Waals surface area contributed by atoms with Crippen LogP contribution in [0.3, 0.4) is 0 Å². The van der Waals surface area contributed by atoms with E-state index in [9.17, 15) is 4.39 Å². The number of hydrogen-bond acceptors (Lipinski definition) is 1. The summed E-state index contributed by atoms with van der Waals surface area (Å²) in [6.45, 7) is 1.80. The predicted molar refractivity (Wildman–Crippen MR) is 70.9 cm³/mol. The predicted octanol–water partition coefficient (Wildman–Crippen LogP) is 4.66. The third-order valence-electron chi connectivity index (χ3n) is 3.65. The van der Waals surface area contributed by atoms with Crippen LogP contribution in [-0.2, 0) is 0 Å². The molecule has 1 fully saturated rings. The highest BCUT2D eigenvalue weighted by Gasteiger charge is 2.11. The first kappa shape index (κ1) is 12.4. The molecule has 0 saturated heterocycles. The van der Waals surface area contributed by atoms with Crippen molar-refractivity contribution in [2.75, 3.05) is 5.32 Å². The Bertz CT molecular complexity index is 354. The molecule has 2 rings (SSSR count). The molecule has 17 heavy (non-hydrogen) atoms. The first-order chi connectivity index (χ1) is 8.25. The molecule has 1 aromatic carbocycles. The second-order valence-corrected chi connectivity index (χ2v) is 5.15. The van der Waals surface area contributed by atoms with Crippen LogP contribution in [0, 0.1) is 12.7 Å². The van der Waals surface area contributed by atoms with Crippen LogP contribution in [0.2, 0.25) is 0 Å². The molecule has 0 aromatic heterocycles. The van der Waals surface area contributed by atoms with Crippen molar-refractivity contribution in [2.45, 2.75) is 57.9 Å². The smallest absolute Gasteiger partial charge is 0.128 e. The van der Waals surface area contributed by atoms with Crippen molar-refractivity contribution >= 4 is 5.69 Å². The van der Waals surface area contributed by atoms with Gasteiger partial charge in [-0.05, 0) is 37.5 Å². The van der Waals surface area contributed by atoms with Crippen molar-refractivity contribution in [2.24, 2.45) is 0 Å². The Morgan fingerprint density at radius 2 is 1.71 bits per heavy atom. The molecule has 0 spiro atoms. The van der Waals surface area contributed by atoms with Gasteiger partial charge in [0.05, 0.1) is 0 Å². The molecule has 1 aliphatic carbocycles. The van der Waals surface area contributed by atoms with Crippen LogP contribution in [0.5, 0.6) is 0 Å². The fraction of sp³-hybridized carbons (Fsp3) is 0.600. The number of aryl methyl sites for hydroxylation is 1. The molecule has 1 saturated carbocycles.